The molecular formula is C37H24N4O. The molecule has 0 amide bonds. The van der Waals surface area contributed by atoms with Gasteiger partial charge in [-0.1, -0.05) is 66.7 Å². The zero-order valence-electron chi connectivity index (χ0n) is 22.8. The van der Waals surface area contributed by atoms with Crippen LogP contribution in [0.15, 0.2) is 84.9 Å². The summed E-state index contributed by atoms with van der Waals surface area (Å²) in [6.07, 6.45) is 4.03. The van der Waals surface area contributed by atoms with E-state index in [1.54, 1.807) is 0 Å². The highest BCUT2D eigenvalue weighted by atomic mass is 16.5. The Morgan fingerprint density at radius 2 is 1.31 bits per heavy atom. The van der Waals surface area contributed by atoms with Gasteiger partial charge in [-0.15, -0.1) is 0 Å². The number of nitrogens with zero attached hydrogens (tertiary/aromatic N) is 4. The third kappa shape index (κ3) is 3.33. The van der Waals surface area contributed by atoms with Gasteiger partial charge in [0.2, 0.25) is 0 Å². The van der Waals surface area contributed by atoms with E-state index in [-0.39, 0.29) is 23.0 Å². The molecule has 1 heterocycles. The molecule has 1 fully saturated rings. The van der Waals surface area contributed by atoms with E-state index in [0.29, 0.717) is 11.3 Å². The van der Waals surface area contributed by atoms with Gasteiger partial charge in [-0.05, 0) is 83.4 Å². The molecule has 5 aromatic carbocycles. The van der Waals surface area contributed by atoms with Crippen LogP contribution in [0.5, 0.6) is 11.5 Å². The summed E-state index contributed by atoms with van der Waals surface area (Å²) in [6.45, 7) is 0. The Hall–Kier alpha value is -5.57. The Kier molecular flexibility index (Phi) is 5.33. The lowest BCUT2D eigenvalue weighted by Gasteiger charge is -2.43. The van der Waals surface area contributed by atoms with Gasteiger partial charge in [0.1, 0.15) is 18.2 Å². The van der Waals surface area contributed by atoms with Crippen molar-refractivity contribution in [2.24, 2.45) is 0 Å². The number of fused-ring (bicyclic) bond motifs is 6. The molecule has 3 aliphatic carbocycles. The van der Waals surface area contributed by atoms with Crippen molar-refractivity contribution in [2.45, 2.75) is 37.5 Å². The van der Waals surface area contributed by atoms with Gasteiger partial charge in [0.15, 0.2) is 11.5 Å². The number of hydrogen-bond donors (Lipinski definition) is 0. The molecule has 2 bridgehead atoms. The standard InChI is InChI=1S/C37H24N4O/c38-19-28-29(20-39)34-24-10-12-25(13-11-24)35(34)36(30(28)21-40)41-31-16-14-23-8-4-5-9-27(23)37(31)42-33-17-15-26(18-32(33)41)22-6-2-1-3-7-22/h1-9,14-18,24-25H,10-13H2. The van der Waals surface area contributed by atoms with Gasteiger partial charge in [-0.3, -0.25) is 0 Å². The number of nitriles is 3. The average molecular weight is 541 g/mol. The maximum Gasteiger partial charge on any atom is 0.159 e. The monoisotopic (exact) mass is 540 g/mol. The van der Waals surface area contributed by atoms with Crippen molar-refractivity contribution in [1.29, 1.82) is 15.8 Å². The first kappa shape index (κ1) is 24.2. The SMILES string of the molecule is N#Cc1c(C#N)c2c(c(N3c4cc(-c5ccccc5)ccc4Oc4c3ccc3ccccc43)c1C#N)C1CCC2CC1. The summed E-state index contributed by atoms with van der Waals surface area (Å²) >= 11 is 0. The third-order valence-corrected chi connectivity index (χ3v) is 9.27. The summed E-state index contributed by atoms with van der Waals surface area (Å²) in [5, 5.41) is 33.4. The summed E-state index contributed by atoms with van der Waals surface area (Å²) in [7, 11) is 0. The quantitative estimate of drug-likeness (QED) is 0.218. The summed E-state index contributed by atoms with van der Waals surface area (Å²) in [5.74, 6) is 1.83. The second-order valence-electron chi connectivity index (χ2n) is 11.3. The summed E-state index contributed by atoms with van der Waals surface area (Å²) in [6, 6.07) is 35.6. The van der Waals surface area contributed by atoms with Gasteiger partial charge in [0.05, 0.1) is 33.8 Å². The molecule has 0 unspecified atom stereocenters. The van der Waals surface area contributed by atoms with Gasteiger partial charge >= 0.3 is 0 Å². The molecule has 198 valence electrons. The van der Waals surface area contributed by atoms with Crippen LogP contribution in [0.3, 0.4) is 0 Å². The minimum absolute atomic E-state index is 0.177. The van der Waals surface area contributed by atoms with E-state index in [1.807, 2.05) is 36.4 Å². The molecule has 1 saturated carbocycles. The third-order valence-electron chi connectivity index (χ3n) is 9.27. The zero-order chi connectivity index (χ0) is 28.4. The first-order valence-corrected chi connectivity index (χ1v) is 14.3. The van der Waals surface area contributed by atoms with E-state index in [2.05, 4.69) is 71.6 Å². The van der Waals surface area contributed by atoms with E-state index in [0.717, 1.165) is 81.5 Å². The molecule has 0 radical (unpaired) electrons. The second-order valence-corrected chi connectivity index (χ2v) is 11.3. The zero-order valence-corrected chi connectivity index (χ0v) is 22.8. The summed E-state index contributed by atoms with van der Waals surface area (Å²) < 4.78 is 6.67. The fourth-order valence-electron chi connectivity index (χ4n) is 7.44. The van der Waals surface area contributed by atoms with E-state index in [1.165, 1.54) is 0 Å². The highest BCUT2D eigenvalue weighted by Gasteiger charge is 2.42. The van der Waals surface area contributed by atoms with Gasteiger partial charge in [-0.25, -0.2) is 0 Å². The van der Waals surface area contributed by atoms with Crippen LogP contribution in [-0.4, -0.2) is 0 Å². The first-order valence-electron chi connectivity index (χ1n) is 14.3. The lowest BCUT2D eigenvalue weighted by atomic mass is 9.64. The average Bonchev–Trinajstić information content (AvgIpc) is 3.06. The molecule has 5 nitrogen and oxygen atoms in total. The molecule has 42 heavy (non-hydrogen) atoms. The van der Waals surface area contributed by atoms with Crippen LogP contribution in [0, 0.1) is 34.0 Å². The number of ether oxygens (including phenoxy) is 1. The van der Waals surface area contributed by atoms with Gasteiger partial charge in [0, 0.05) is 5.39 Å². The molecule has 0 spiro atoms. The van der Waals surface area contributed by atoms with Crippen molar-refractivity contribution in [3.8, 4) is 40.8 Å². The molecule has 5 aromatic rings. The van der Waals surface area contributed by atoms with E-state index in [9.17, 15) is 15.8 Å². The predicted octanol–water partition coefficient (Wildman–Crippen LogP) is 9.45. The van der Waals surface area contributed by atoms with E-state index in [4.69, 9.17) is 4.74 Å². The lowest BCUT2D eigenvalue weighted by molar-refractivity contribution is 0.358. The Morgan fingerprint density at radius 1 is 0.619 bits per heavy atom. The first-order chi connectivity index (χ1) is 20.7. The van der Waals surface area contributed by atoms with Crippen molar-refractivity contribution < 1.29 is 4.74 Å². The fourth-order valence-corrected chi connectivity index (χ4v) is 7.44. The highest BCUT2D eigenvalue weighted by molar-refractivity contribution is 6.01. The van der Waals surface area contributed by atoms with Crippen LogP contribution in [0.4, 0.5) is 17.1 Å². The van der Waals surface area contributed by atoms with Crippen LogP contribution in [0.2, 0.25) is 0 Å². The molecule has 9 rings (SSSR count). The van der Waals surface area contributed by atoms with Crippen LogP contribution in [-0.2, 0) is 0 Å². The van der Waals surface area contributed by atoms with Crippen molar-refractivity contribution in [2.75, 3.05) is 4.90 Å². The molecule has 0 atom stereocenters. The van der Waals surface area contributed by atoms with E-state index >= 15 is 0 Å². The van der Waals surface area contributed by atoms with Crippen LogP contribution in [0.1, 0.15) is 65.3 Å². The van der Waals surface area contributed by atoms with Crippen LogP contribution >= 0.6 is 0 Å². The number of hydrogen-bond acceptors (Lipinski definition) is 5. The molecule has 0 N–H and O–H groups in total. The number of rotatable bonds is 2. The largest absolute Gasteiger partial charge is 0.452 e. The molecule has 0 aromatic heterocycles. The van der Waals surface area contributed by atoms with Crippen molar-refractivity contribution >= 4 is 27.8 Å². The summed E-state index contributed by atoms with van der Waals surface area (Å²) in [4.78, 5) is 2.15. The number of anilines is 3. The fraction of sp³-hybridized carbons (Fsp3) is 0.162. The smallest absolute Gasteiger partial charge is 0.159 e. The second kappa shape index (κ2) is 9.24. The molecule has 1 aliphatic heterocycles. The molecule has 5 heteroatoms. The Balaban J connectivity index is 1.51. The minimum atomic E-state index is 0.177. The van der Waals surface area contributed by atoms with Crippen LogP contribution < -0.4 is 9.64 Å². The molecular weight excluding hydrogens is 516 g/mol. The van der Waals surface area contributed by atoms with Crippen molar-refractivity contribution in [3.05, 3.63) is 113 Å². The van der Waals surface area contributed by atoms with Crippen molar-refractivity contribution in [1.82, 2.24) is 0 Å². The van der Waals surface area contributed by atoms with Gasteiger partial charge in [0.25, 0.3) is 0 Å². The van der Waals surface area contributed by atoms with Gasteiger partial charge in [-0.2, -0.15) is 15.8 Å². The Bertz CT molecular complexity index is 2070. The number of benzene rings is 5. The molecule has 4 aliphatic rings. The van der Waals surface area contributed by atoms with Gasteiger partial charge < -0.3 is 9.64 Å². The van der Waals surface area contributed by atoms with E-state index < -0.39 is 0 Å². The normalized spacial score (nSPS) is 17.7. The lowest BCUT2D eigenvalue weighted by Crippen LogP contribution is -2.28. The highest BCUT2D eigenvalue weighted by Crippen LogP contribution is 2.60. The Labute approximate surface area is 244 Å². The van der Waals surface area contributed by atoms with Crippen LogP contribution in [0.25, 0.3) is 21.9 Å². The minimum Gasteiger partial charge on any atom is -0.452 e. The Morgan fingerprint density at radius 3 is 2.05 bits per heavy atom. The maximum atomic E-state index is 10.7. The predicted molar refractivity (Wildman–Crippen MR) is 162 cm³/mol. The summed E-state index contributed by atoms with van der Waals surface area (Å²) in [5.41, 5.74) is 7.30. The van der Waals surface area contributed by atoms with Crippen molar-refractivity contribution in [3.63, 3.8) is 0 Å². The maximum absolute atomic E-state index is 10.7. The molecule has 0 saturated heterocycles. The topological polar surface area (TPSA) is 83.8 Å².